The molecule has 0 bridgehead atoms. The van der Waals surface area contributed by atoms with Crippen molar-refractivity contribution >= 4 is 11.6 Å². The minimum absolute atomic E-state index is 0.512. The van der Waals surface area contributed by atoms with Crippen LogP contribution < -0.4 is 0 Å². The Kier molecular flexibility index (Phi) is 6.83. The van der Waals surface area contributed by atoms with Crippen LogP contribution in [0.3, 0.4) is 0 Å². The second kappa shape index (κ2) is 9.78. The quantitative estimate of drug-likeness (QED) is 0.424. The maximum atomic E-state index is 11.2. The van der Waals surface area contributed by atoms with Gasteiger partial charge in [-0.25, -0.2) is 4.68 Å². The van der Waals surface area contributed by atoms with Crippen LogP contribution in [0.25, 0.3) is 5.69 Å². The summed E-state index contributed by atoms with van der Waals surface area (Å²) in [5.41, 5.74) is -0.338. The summed E-state index contributed by atoms with van der Waals surface area (Å²) in [6.45, 7) is -0.564. The van der Waals surface area contributed by atoms with E-state index < -0.39 is 36.6 Å². The average Bonchev–Trinajstić information content (AvgIpc) is 3.31. The molecular weight excluding hydrogens is 444 g/mol. The summed E-state index contributed by atoms with van der Waals surface area (Å²) >= 11 is 6.03. The molecule has 5 atom stereocenters. The van der Waals surface area contributed by atoms with Crippen molar-refractivity contribution in [1.29, 1.82) is 0 Å². The molecule has 1 aliphatic heterocycles. The molecule has 2 aromatic carbocycles. The highest BCUT2D eigenvalue weighted by molar-refractivity contribution is 6.30. The highest BCUT2D eigenvalue weighted by Gasteiger charge is 2.53. The molecule has 4 rings (SSSR count). The molecule has 0 radical (unpaired) electrons. The molecule has 8 heteroatoms. The largest absolute Gasteiger partial charge is 0.394 e. The summed E-state index contributed by atoms with van der Waals surface area (Å²) in [5, 5.41) is 46.5. The van der Waals surface area contributed by atoms with Crippen LogP contribution >= 0.6 is 11.6 Å². The molecule has 168 valence electrons. The first kappa shape index (κ1) is 23.0. The highest BCUT2D eigenvalue weighted by Crippen LogP contribution is 2.30. The molecule has 0 unspecified atom stereocenters. The molecule has 0 aliphatic carbocycles. The van der Waals surface area contributed by atoms with Crippen LogP contribution in [0.2, 0.25) is 5.02 Å². The zero-order chi connectivity index (χ0) is 23.4. The lowest BCUT2D eigenvalue weighted by molar-refractivity contribution is -0.239. The molecule has 0 amide bonds. The Bertz CT molecular complexity index is 1240. The van der Waals surface area contributed by atoms with E-state index in [9.17, 15) is 20.4 Å². The van der Waals surface area contributed by atoms with Gasteiger partial charge in [-0.2, -0.15) is 5.10 Å². The summed E-state index contributed by atoms with van der Waals surface area (Å²) in [4.78, 5) is 0. The van der Waals surface area contributed by atoms with Crippen molar-refractivity contribution in [1.82, 2.24) is 9.78 Å². The number of ether oxygens (including phenoxy) is 1. The van der Waals surface area contributed by atoms with E-state index in [1.807, 2.05) is 12.1 Å². The van der Waals surface area contributed by atoms with Crippen LogP contribution in [0.5, 0.6) is 0 Å². The average molecular weight is 465 g/mol. The van der Waals surface area contributed by atoms with Crippen LogP contribution in [0.4, 0.5) is 0 Å². The third kappa shape index (κ3) is 4.95. The topological polar surface area (TPSA) is 108 Å². The Morgan fingerprint density at radius 3 is 2.58 bits per heavy atom. The summed E-state index contributed by atoms with van der Waals surface area (Å²) in [7, 11) is 0. The Labute approximate surface area is 195 Å². The molecule has 1 aliphatic rings. The summed E-state index contributed by atoms with van der Waals surface area (Å²) in [6, 6.07) is 16.0. The number of aromatic nitrogens is 2. The van der Waals surface area contributed by atoms with E-state index in [0.717, 1.165) is 5.69 Å². The SMILES string of the molecule is OC[C@H]1O[C@H](C#Cc2cnn(-c3cccc(Cl)c3)c2)[C@](O)(C#Cc2ccccc2)[C@@H](O)[C@@H]1O. The molecule has 33 heavy (non-hydrogen) atoms. The van der Waals surface area contributed by atoms with E-state index in [1.165, 1.54) is 6.20 Å². The number of hydrogen-bond acceptors (Lipinski definition) is 6. The van der Waals surface area contributed by atoms with Crippen LogP contribution in [-0.2, 0) is 4.74 Å². The molecule has 0 saturated carbocycles. The first-order valence-electron chi connectivity index (χ1n) is 10.2. The third-order valence-corrected chi connectivity index (χ3v) is 5.46. The molecular formula is C25H21ClN2O5. The molecule has 1 aromatic heterocycles. The molecule has 0 spiro atoms. The van der Waals surface area contributed by atoms with E-state index in [-0.39, 0.29) is 0 Å². The first-order valence-corrected chi connectivity index (χ1v) is 10.5. The Hall–Kier alpha value is -3.14. The smallest absolute Gasteiger partial charge is 0.191 e. The lowest BCUT2D eigenvalue weighted by Gasteiger charge is -2.43. The number of rotatable bonds is 2. The molecule has 3 aromatic rings. The fraction of sp³-hybridized carbons (Fsp3) is 0.240. The van der Waals surface area contributed by atoms with Crippen molar-refractivity contribution in [3.8, 4) is 29.4 Å². The predicted molar refractivity (Wildman–Crippen MR) is 121 cm³/mol. The number of benzene rings is 2. The summed E-state index contributed by atoms with van der Waals surface area (Å²) in [6.07, 6.45) is -2.50. The minimum Gasteiger partial charge on any atom is -0.394 e. The van der Waals surface area contributed by atoms with Gasteiger partial charge in [-0.05, 0) is 30.3 Å². The van der Waals surface area contributed by atoms with Gasteiger partial charge in [-0.1, -0.05) is 59.5 Å². The monoisotopic (exact) mass is 464 g/mol. The van der Waals surface area contributed by atoms with Gasteiger partial charge < -0.3 is 25.2 Å². The van der Waals surface area contributed by atoms with E-state index in [4.69, 9.17) is 16.3 Å². The Balaban J connectivity index is 1.66. The minimum atomic E-state index is -2.20. The van der Waals surface area contributed by atoms with E-state index in [2.05, 4.69) is 28.8 Å². The van der Waals surface area contributed by atoms with Crippen molar-refractivity contribution in [3.05, 3.63) is 83.1 Å². The van der Waals surface area contributed by atoms with Gasteiger partial charge >= 0.3 is 0 Å². The Morgan fingerprint density at radius 2 is 1.85 bits per heavy atom. The number of aliphatic hydroxyl groups excluding tert-OH is 3. The second-order valence-corrected chi connectivity index (χ2v) is 7.97. The van der Waals surface area contributed by atoms with Gasteiger partial charge in [-0.15, -0.1) is 0 Å². The van der Waals surface area contributed by atoms with Gasteiger partial charge in [0.2, 0.25) is 0 Å². The lowest BCUT2D eigenvalue weighted by atomic mass is 9.82. The first-order chi connectivity index (χ1) is 15.9. The zero-order valence-electron chi connectivity index (χ0n) is 17.3. The molecule has 2 heterocycles. The van der Waals surface area contributed by atoms with E-state index >= 15 is 0 Å². The summed E-state index contributed by atoms with van der Waals surface area (Å²) in [5.74, 6) is 11.0. The molecule has 4 N–H and O–H groups in total. The predicted octanol–water partition coefficient (Wildman–Crippen LogP) is 1.14. The van der Waals surface area contributed by atoms with Crippen molar-refractivity contribution < 1.29 is 25.2 Å². The van der Waals surface area contributed by atoms with Crippen LogP contribution in [-0.4, -0.2) is 66.8 Å². The Morgan fingerprint density at radius 1 is 1.06 bits per heavy atom. The molecule has 1 fully saturated rings. The van der Waals surface area contributed by atoms with E-state index in [0.29, 0.717) is 16.1 Å². The molecule has 7 nitrogen and oxygen atoms in total. The second-order valence-electron chi connectivity index (χ2n) is 7.54. The number of halogens is 1. The molecule has 1 saturated heterocycles. The number of hydrogen-bond donors (Lipinski definition) is 4. The third-order valence-electron chi connectivity index (χ3n) is 5.23. The van der Waals surface area contributed by atoms with Crippen LogP contribution in [0.15, 0.2) is 67.0 Å². The van der Waals surface area contributed by atoms with Crippen molar-refractivity contribution in [3.63, 3.8) is 0 Å². The van der Waals surface area contributed by atoms with Gasteiger partial charge in [-0.3, -0.25) is 0 Å². The van der Waals surface area contributed by atoms with E-state index in [1.54, 1.807) is 53.3 Å². The van der Waals surface area contributed by atoms with Crippen molar-refractivity contribution in [2.24, 2.45) is 0 Å². The fourth-order valence-electron chi connectivity index (χ4n) is 3.40. The van der Waals surface area contributed by atoms with Gasteiger partial charge in [0, 0.05) is 16.8 Å². The summed E-state index contributed by atoms with van der Waals surface area (Å²) < 4.78 is 7.21. The van der Waals surface area contributed by atoms with Gasteiger partial charge in [0.15, 0.2) is 11.7 Å². The number of aliphatic hydroxyl groups is 4. The maximum Gasteiger partial charge on any atom is 0.191 e. The normalized spacial score (nSPS) is 26.6. The lowest BCUT2D eigenvalue weighted by Crippen LogP contribution is -2.65. The van der Waals surface area contributed by atoms with Crippen molar-refractivity contribution in [2.75, 3.05) is 6.61 Å². The number of nitrogens with zero attached hydrogens (tertiary/aromatic N) is 2. The van der Waals surface area contributed by atoms with Gasteiger partial charge in [0.05, 0.1) is 24.1 Å². The van der Waals surface area contributed by atoms with Gasteiger partial charge in [0.25, 0.3) is 0 Å². The zero-order valence-corrected chi connectivity index (χ0v) is 18.1. The van der Waals surface area contributed by atoms with Gasteiger partial charge in [0.1, 0.15) is 18.3 Å². The maximum absolute atomic E-state index is 11.2. The van der Waals surface area contributed by atoms with Crippen molar-refractivity contribution in [2.45, 2.75) is 30.0 Å². The van der Waals surface area contributed by atoms with Crippen LogP contribution in [0.1, 0.15) is 11.1 Å². The highest BCUT2D eigenvalue weighted by atomic mass is 35.5. The fourth-order valence-corrected chi connectivity index (χ4v) is 3.59. The van der Waals surface area contributed by atoms with Crippen LogP contribution in [0, 0.1) is 23.7 Å². The standard InChI is InChI=1S/C25H21ClN2O5/c26-19-7-4-8-20(13-19)28-15-18(14-27-28)9-10-22-25(32,12-11-17-5-2-1-3-6-17)24(31)23(30)21(16-29)33-22/h1-8,13-15,21-24,29-32H,16H2/t21-,22-,23-,24+,25-/m1/s1.